The lowest BCUT2D eigenvalue weighted by Crippen LogP contribution is -2.47. The van der Waals surface area contributed by atoms with Crippen molar-refractivity contribution in [2.24, 2.45) is 5.92 Å². The third kappa shape index (κ3) is 4.46. The maximum Gasteiger partial charge on any atom is 0.343 e. The summed E-state index contributed by atoms with van der Waals surface area (Å²) in [6, 6.07) is 14.3. The van der Waals surface area contributed by atoms with E-state index in [1.54, 1.807) is 13.1 Å². The summed E-state index contributed by atoms with van der Waals surface area (Å²) in [5.41, 5.74) is 3.56. The van der Waals surface area contributed by atoms with Crippen LogP contribution in [-0.2, 0) is 27.4 Å². The van der Waals surface area contributed by atoms with E-state index in [2.05, 4.69) is 46.8 Å². The van der Waals surface area contributed by atoms with Gasteiger partial charge in [0.05, 0.1) is 17.1 Å². The van der Waals surface area contributed by atoms with Gasteiger partial charge in [0.2, 0.25) is 0 Å². The first-order valence-electron chi connectivity index (χ1n) is 11.1. The number of Topliss-reactive ketones (excluding diaryl/α,β-unsaturated/α-hetero) is 1. The molecule has 2 unspecified atom stereocenters. The number of benzene rings is 2. The number of hydrogen-bond acceptors (Lipinski definition) is 5. The minimum absolute atomic E-state index is 0.101. The van der Waals surface area contributed by atoms with Crippen molar-refractivity contribution in [1.29, 1.82) is 0 Å². The van der Waals surface area contributed by atoms with Crippen LogP contribution in [0.15, 0.2) is 58.7 Å². The Kier molecular flexibility index (Phi) is 6.70. The van der Waals surface area contributed by atoms with Crippen LogP contribution >= 0.6 is 15.9 Å². The van der Waals surface area contributed by atoms with E-state index < -0.39 is 5.97 Å². The minimum atomic E-state index is -0.532. The molecule has 0 saturated carbocycles. The number of fused-ring (bicyclic) bond motifs is 3. The van der Waals surface area contributed by atoms with Crippen molar-refractivity contribution in [3.05, 3.63) is 75.4 Å². The highest BCUT2D eigenvalue weighted by Crippen LogP contribution is 2.44. The molecule has 2 aromatic carbocycles. The molecule has 0 aliphatic carbocycles. The number of carbonyl (C=O) groups is 2. The van der Waals surface area contributed by atoms with E-state index in [4.69, 9.17) is 9.47 Å². The standard InChI is InChI=1S/C26H28BrNO4/c1-4-31-26(30)20-14-28-22(16(2)3)10-18-11-25(32-15-17-8-6-5-7-9-17)21(27)12-19(18)23(28)13-24(20)29/h5-9,11-12,14,16,22-23H,4,10,13,15H2,1-3H3. The zero-order valence-electron chi connectivity index (χ0n) is 18.6. The maximum absolute atomic E-state index is 12.8. The van der Waals surface area contributed by atoms with Gasteiger partial charge in [0.15, 0.2) is 5.78 Å². The van der Waals surface area contributed by atoms with Crippen molar-refractivity contribution >= 4 is 27.7 Å². The lowest BCUT2D eigenvalue weighted by Gasteiger charge is -2.46. The van der Waals surface area contributed by atoms with Crippen molar-refractivity contribution in [2.75, 3.05) is 6.61 Å². The minimum Gasteiger partial charge on any atom is -0.488 e. The normalized spacial score (nSPS) is 19.8. The fourth-order valence-electron chi connectivity index (χ4n) is 4.53. The molecule has 5 nitrogen and oxygen atoms in total. The van der Waals surface area contributed by atoms with Gasteiger partial charge in [0, 0.05) is 18.7 Å². The van der Waals surface area contributed by atoms with Gasteiger partial charge < -0.3 is 14.4 Å². The van der Waals surface area contributed by atoms with E-state index in [1.165, 1.54) is 5.56 Å². The van der Waals surface area contributed by atoms with Crippen LogP contribution in [0.25, 0.3) is 0 Å². The number of ketones is 1. The third-order valence-corrected chi connectivity index (χ3v) is 6.80. The summed E-state index contributed by atoms with van der Waals surface area (Å²) in [5.74, 6) is 0.444. The number of carbonyl (C=O) groups excluding carboxylic acids is 2. The average Bonchev–Trinajstić information content (AvgIpc) is 2.77. The smallest absolute Gasteiger partial charge is 0.343 e. The molecule has 2 aromatic rings. The summed E-state index contributed by atoms with van der Waals surface area (Å²) in [5, 5.41) is 0. The van der Waals surface area contributed by atoms with Gasteiger partial charge in [-0.1, -0.05) is 44.2 Å². The van der Waals surface area contributed by atoms with E-state index in [1.807, 2.05) is 30.3 Å². The summed E-state index contributed by atoms with van der Waals surface area (Å²) in [6.07, 6.45) is 2.81. The molecule has 0 saturated heterocycles. The quantitative estimate of drug-likeness (QED) is 0.396. The van der Waals surface area contributed by atoms with Crippen molar-refractivity contribution in [2.45, 2.75) is 52.3 Å². The zero-order chi connectivity index (χ0) is 22.8. The molecule has 4 rings (SSSR count). The van der Waals surface area contributed by atoms with Crippen LogP contribution in [0.4, 0.5) is 0 Å². The molecule has 2 aliphatic rings. The Morgan fingerprint density at radius 2 is 1.94 bits per heavy atom. The van der Waals surface area contributed by atoms with Crippen LogP contribution < -0.4 is 4.74 Å². The molecular formula is C26H28BrNO4. The van der Waals surface area contributed by atoms with Gasteiger partial charge in [0.1, 0.15) is 17.9 Å². The summed E-state index contributed by atoms with van der Waals surface area (Å²) < 4.78 is 12.1. The molecule has 6 heteroatoms. The monoisotopic (exact) mass is 497 g/mol. The van der Waals surface area contributed by atoms with Crippen molar-refractivity contribution in [3.8, 4) is 5.75 Å². The number of nitrogens with zero attached hydrogens (tertiary/aromatic N) is 1. The van der Waals surface area contributed by atoms with Gasteiger partial charge in [-0.15, -0.1) is 0 Å². The van der Waals surface area contributed by atoms with Gasteiger partial charge >= 0.3 is 5.97 Å². The SMILES string of the molecule is CCOC(=O)C1=CN2C(CC1=O)c1cc(Br)c(OCc3ccccc3)cc1CC2C(C)C. The van der Waals surface area contributed by atoms with E-state index in [0.717, 1.165) is 27.8 Å². The zero-order valence-corrected chi connectivity index (χ0v) is 20.2. The van der Waals surface area contributed by atoms with Crippen molar-refractivity contribution < 1.29 is 19.1 Å². The fraction of sp³-hybridized carbons (Fsp3) is 0.385. The highest BCUT2D eigenvalue weighted by Gasteiger charge is 2.41. The summed E-state index contributed by atoms with van der Waals surface area (Å²) >= 11 is 3.66. The van der Waals surface area contributed by atoms with Gasteiger partial charge in [-0.25, -0.2) is 4.79 Å². The Bertz CT molecular complexity index is 1050. The number of hydrogen-bond donors (Lipinski definition) is 0. The second kappa shape index (κ2) is 9.49. The van der Waals surface area contributed by atoms with Crippen LogP contribution in [0, 0.1) is 5.92 Å². The Hall–Kier alpha value is -2.60. The van der Waals surface area contributed by atoms with Crippen molar-refractivity contribution in [1.82, 2.24) is 4.90 Å². The van der Waals surface area contributed by atoms with Crippen molar-refractivity contribution in [3.63, 3.8) is 0 Å². The van der Waals surface area contributed by atoms with Crippen LogP contribution in [0.2, 0.25) is 0 Å². The molecule has 2 heterocycles. The number of esters is 1. The van der Waals surface area contributed by atoms with E-state index in [9.17, 15) is 9.59 Å². The third-order valence-electron chi connectivity index (χ3n) is 6.18. The van der Waals surface area contributed by atoms with Crippen LogP contribution in [0.1, 0.15) is 49.9 Å². The van der Waals surface area contributed by atoms with E-state index >= 15 is 0 Å². The fourth-order valence-corrected chi connectivity index (χ4v) is 5.00. The molecule has 0 radical (unpaired) electrons. The Balaban J connectivity index is 1.66. The van der Waals surface area contributed by atoms with Gasteiger partial charge in [-0.3, -0.25) is 4.79 Å². The Morgan fingerprint density at radius 3 is 2.62 bits per heavy atom. The van der Waals surface area contributed by atoms with Gasteiger partial charge in [-0.2, -0.15) is 0 Å². The average molecular weight is 498 g/mol. The van der Waals surface area contributed by atoms with Crippen LogP contribution in [0.5, 0.6) is 5.75 Å². The van der Waals surface area contributed by atoms with E-state index in [0.29, 0.717) is 12.5 Å². The molecule has 0 fully saturated rings. The predicted octanol–water partition coefficient (Wildman–Crippen LogP) is 5.37. The molecule has 32 heavy (non-hydrogen) atoms. The lowest BCUT2D eigenvalue weighted by molar-refractivity contribution is -0.140. The molecule has 2 atom stereocenters. The number of ether oxygens (including phenoxy) is 2. The van der Waals surface area contributed by atoms with Crippen LogP contribution in [0.3, 0.4) is 0 Å². The second-order valence-electron chi connectivity index (χ2n) is 8.62. The molecule has 0 N–H and O–H groups in total. The van der Waals surface area contributed by atoms with E-state index in [-0.39, 0.29) is 36.5 Å². The number of rotatable bonds is 6. The first kappa shape index (κ1) is 22.6. The molecule has 0 amide bonds. The predicted molar refractivity (Wildman–Crippen MR) is 126 cm³/mol. The topological polar surface area (TPSA) is 55.8 Å². The maximum atomic E-state index is 12.8. The first-order chi connectivity index (χ1) is 15.4. The second-order valence-corrected chi connectivity index (χ2v) is 9.48. The highest BCUT2D eigenvalue weighted by atomic mass is 79.9. The molecule has 168 valence electrons. The molecule has 0 aromatic heterocycles. The summed E-state index contributed by atoms with van der Waals surface area (Å²) in [4.78, 5) is 27.4. The lowest BCUT2D eigenvalue weighted by atomic mass is 9.80. The molecule has 2 aliphatic heterocycles. The first-order valence-corrected chi connectivity index (χ1v) is 11.9. The Labute approximate surface area is 197 Å². The summed E-state index contributed by atoms with van der Waals surface area (Å²) in [7, 11) is 0. The molecule has 0 spiro atoms. The molecule has 0 bridgehead atoms. The largest absolute Gasteiger partial charge is 0.488 e. The Morgan fingerprint density at radius 1 is 1.19 bits per heavy atom. The van der Waals surface area contributed by atoms with Gasteiger partial charge in [0.25, 0.3) is 0 Å². The number of halogens is 1. The van der Waals surface area contributed by atoms with Crippen LogP contribution in [-0.4, -0.2) is 29.3 Å². The van der Waals surface area contributed by atoms with Gasteiger partial charge in [-0.05, 0) is 64.0 Å². The molecular weight excluding hydrogens is 470 g/mol. The summed E-state index contributed by atoms with van der Waals surface area (Å²) in [6.45, 7) is 6.84. The highest BCUT2D eigenvalue weighted by molar-refractivity contribution is 9.10.